The Morgan fingerprint density at radius 1 is 0.980 bits per heavy atom. The van der Waals surface area contributed by atoms with Crippen molar-refractivity contribution in [3.05, 3.63) is 137 Å². The highest BCUT2D eigenvalue weighted by molar-refractivity contribution is 8.00. The highest BCUT2D eigenvalue weighted by Gasteiger charge is 2.49. The van der Waals surface area contributed by atoms with E-state index in [1.54, 1.807) is 66.1 Å². The van der Waals surface area contributed by atoms with E-state index in [-0.39, 0.29) is 28.0 Å². The van der Waals surface area contributed by atoms with Crippen LogP contribution in [0.2, 0.25) is 0 Å². The third-order valence-electron chi connectivity index (χ3n) is 8.02. The van der Waals surface area contributed by atoms with Crippen molar-refractivity contribution in [2.75, 3.05) is 12.0 Å². The van der Waals surface area contributed by atoms with Gasteiger partial charge in [0, 0.05) is 11.9 Å². The molecule has 1 N–H and O–H groups in total. The van der Waals surface area contributed by atoms with E-state index >= 15 is 0 Å². The molecular formula is C36H28FN5O5S2. The minimum Gasteiger partial charge on any atom is -0.505 e. The number of aliphatic hydroxyl groups excluding tert-OH is 1. The number of ether oxygens (including phenoxy) is 2. The molecule has 10 nitrogen and oxygen atoms in total. The van der Waals surface area contributed by atoms with E-state index in [0.717, 1.165) is 16.9 Å². The van der Waals surface area contributed by atoms with Crippen LogP contribution < -0.4 is 14.4 Å². The monoisotopic (exact) mass is 693 g/mol. The second-order valence-corrected chi connectivity index (χ2v) is 13.2. The van der Waals surface area contributed by atoms with Gasteiger partial charge in [0.2, 0.25) is 5.13 Å². The molecule has 4 heterocycles. The lowest BCUT2D eigenvalue weighted by Crippen LogP contribution is -2.29. The van der Waals surface area contributed by atoms with Gasteiger partial charge in [-0.2, -0.15) is 0 Å². The lowest BCUT2D eigenvalue weighted by Gasteiger charge is -2.23. The van der Waals surface area contributed by atoms with Gasteiger partial charge in [-0.05, 0) is 53.9 Å². The maximum atomic E-state index is 14.3. The van der Waals surface area contributed by atoms with E-state index in [2.05, 4.69) is 15.2 Å². The Kier molecular flexibility index (Phi) is 8.85. The molecule has 0 aliphatic carbocycles. The summed E-state index contributed by atoms with van der Waals surface area (Å²) in [5.74, 6) is -1.40. The maximum Gasteiger partial charge on any atom is 0.301 e. The number of thioether (sulfide) groups is 1. The highest BCUT2D eigenvalue weighted by atomic mass is 32.2. The molecule has 1 aliphatic rings. The van der Waals surface area contributed by atoms with Crippen molar-refractivity contribution >= 4 is 51.3 Å². The highest BCUT2D eigenvalue weighted by Crippen LogP contribution is 2.46. The Hall–Kier alpha value is -5.53. The second kappa shape index (κ2) is 13.5. The molecule has 1 saturated heterocycles. The van der Waals surface area contributed by atoms with Gasteiger partial charge in [0.1, 0.15) is 23.8 Å². The number of imidazole rings is 1. The van der Waals surface area contributed by atoms with Crippen molar-refractivity contribution in [2.45, 2.75) is 29.7 Å². The summed E-state index contributed by atoms with van der Waals surface area (Å²) in [5.41, 5.74) is 3.10. The van der Waals surface area contributed by atoms with Crippen molar-refractivity contribution in [3.8, 4) is 11.5 Å². The third-order valence-corrected chi connectivity index (χ3v) is 10.1. The molecule has 0 bridgehead atoms. The Bertz CT molecular complexity index is 2240. The summed E-state index contributed by atoms with van der Waals surface area (Å²) < 4.78 is 28.2. The molecule has 0 radical (unpaired) electrons. The van der Waals surface area contributed by atoms with Crippen LogP contribution in [0, 0.1) is 12.7 Å². The molecular weight excluding hydrogens is 666 g/mol. The number of Topliss-reactive ketones (excluding diaryl/α,β-unsaturated/α-hetero) is 1. The van der Waals surface area contributed by atoms with Crippen LogP contribution in [0.3, 0.4) is 0 Å². The molecule has 6 aromatic rings. The smallest absolute Gasteiger partial charge is 0.301 e. The average Bonchev–Trinajstić information content (AvgIpc) is 3.80. The number of benzene rings is 3. The van der Waals surface area contributed by atoms with Crippen LogP contribution in [0.1, 0.15) is 34.1 Å². The number of ketones is 1. The standard InChI is InChI=1S/C36H28FN5O5S2/c1-21-30(41-17-9-8-14-28(41)38-21)32(43)29-31(23-15-16-26(27(18-23)46-2)47-19-22-10-4-3-5-11-22)42(34(45)33(29)44)35-39-40-36(49-35)48-20-24-12-6-7-13-25(24)37/h3-18,31,43H,19-20H2,1-2H3/b32-29+. The van der Waals surface area contributed by atoms with E-state index < -0.39 is 17.7 Å². The molecule has 1 amide bonds. The number of pyridine rings is 1. The van der Waals surface area contributed by atoms with Crippen molar-refractivity contribution in [1.29, 1.82) is 0 Å². The zero-order chi connectivity index (χ0) is 34.1. The average molecular weight is 694 g/mol. The molecule has 7 rings (SSSR count). The Morgan fingerprint density at radius 3 is 2.55 bits per heavy atom. The van der Waals surface area contributed by atoms with Crippen molar-refractivity contribution in [3.63, 3.8) is 0 Å². The van der Waals surface area contributed by atoms with Crippen LogP contribution in [-0.4, -0.2) is 43.5 Å². The summed E-state index contributed by atoms with van der Waals surface area (Å²) in [4.78, 5) is 33.5. The predicted octanol–water partition coefficient (Wildman–Crippen LogP) is 7.14. The van der Waals surface area contributed by atoms with Crippen LogP contribution in [0.5, 0.6) is 11.5 Å². The summed E-state index contributed by atoms with van der Waals surface area (Å²) in [5, 5.41) is 20.5. The predicted molar refractivity (Wildman–Crippen MR) is 184 cm³/mol. The van der Waals surface area contributed by atoms with Gasteiger partial charge in [-0.1, -0.05) is 83.8 Å². The zero-order valence-corrected chi connectivity index (χ0v) is 27.9. The number of amides is 1. The number of nitrogens with zero attached hydrogens (tertiary/aromatic N) is 5. The van der Waals surface area contributed by atoms with Gasteiger partial charge in [0.25, 0.3) is 5.78 Å². The first-order valence-corrected chi connectivity index (χ1v) is 16.9. The first-order valence-electron chi connectivity index (χ1n) is 15.1. The first-order chi connectivity index (χ1) is 23.8. The molecule has 49 heavy (non-hydrogen) atoms. The number of hydrogen-bond donors (Lipinski definition) is 1. The van der Waals surface area contributed by atoms with Gasteiger partial charge < -0.3 is 14.6 Å². The number of hydrogen-bond acceptors (Lipinski definition) is 10. The summed E-state index contributed by atoms with van der Waals surface area (Å²) in [6, 6.07) is 25.5. The van der Waals surface area contributed by atoms with Crippen molar-refractivity contribution in [1.82, 2.24) is 19.6 Å². The number of carbonyl (C=O) groups excluding carboxylic acids is 2. The topological polar surface area (TPSA) is 119 Å². The fourth-order valence-corrected chi connectivity index (χ4v) is 7.55. The van der Waals surface area contributed by atoms with Crippen molar-refractivity contribution < 1.29 is 28.6 Å². The first kappa shape index (κ1) is 32.0. The lowest BCUT2D eigenvalue weighted by molar-refractivity contribution is -0.132. The van der Waals surface area contributed by atoms with E-state index in [1.807, 2.05) is 36.4 Å². The number of fused-ring (bicyclic) bond motifs is 1. The SMILES string of the molecule is COc1cc(C2/C(=C(\O)c3c(C)nc4ccccn34)C(=O)C(=O)N2c2nnc(SCc3ccccc3F)s2)ccc1OCc1ccccc1. The van der Waals surface area contributed by atoms with Crippen LogP contribution in [0.15, 0.2) is 107 Å². The number of carbonyl (C=O) groups is 2. The van der Waals surface area contributed by atoms with Gasteiger partial charge >= 0.3 is 5.91 Å². The lowest BCUT2D eigenvalue weighted by atomic mass is 9.96. The Morgan fingerprint density at radius 2 is 1.76 bits per heavy atom. The molecule has 1 unspecified atom stereocenters. The summed E-state index contributed by atoms with van der Waals surface area (Å²) in [7, 11) is 1.50. The van der Waals surface area contributed by atoms with Crippen LogP contribution >= 0.6 is 23.1 Å². The van der Waals surface area contributed by atoms with E-state index in [9.17, 15) is 19.1 Å². The van der Waals surface area contributed by atoms with Crippen LogP contribution in [0.4, 0.5) is 9.52 Å². The number of aryl methyl sites for hydroxylation is 1. The number of halogens is 1. The summed E-state index contributed by atoms with van der Waals surface area (Å²) in [6.07, 6.45) is 1.72. The number of anilines is 1. The second-order valence-electron chi connectivity index (χ2n) is 11.1. The molecule has 1 aliphatic heterocycles. The molecule has 13 heteroatoms. The van der Waals surface area contributed by atoms with Crippen LogP contribution in [-0.2, 0) is 21.9 Å². The molecule has 1 atom stereocenters. The molecule has 3 aromatic carbocycles. The largest absolute Gasteiger partial charge is 0.505 e. The number of aromatic nitrogens is 4. The van der Waals surface area contributed by atoms with E-state index in [1.165, 1.54) is 29.8 Å². The maximum absolute atomic E-state index is 14.3. The fraction of sp³-hybridized carbons (Fsp3) is 0.139. The van der Waals surface area contributed by atoms with Gasteiger partial charge in [-0.25, -0.2) is 9.37 Å². The molecule has 246 valence electrons. The molecule has 0 saturated carbocycles. The zero-order valence-electron chi connectivity index (χ0n) is 26.2. The Balaban J connectivity index is 1.31. The molecule has 1 fully saturated rings. The van der Waals surface area contributed by atoms with E-state index in [0.29, 0.717) is 50.7 Å². The molecule has 3 aromatic heterocycles. The van der Waals surface area contributed by atoms with Gasteiger partial charge in [0.05, 0.1) is 24.4 Å². The van der Waals surface area contributed by atoms with Crippen molar-refractivity contribution in [2.24, 2.45) is 0 Å². The number of methoxy groups -OCH3 is 1. The van der Waals surface area contributed by atoms with Crippen LogP contribution in [0.25, 0.3) is 11.4 Å². The Labute approximate surface area is 288 Å². The third kappa shape index (κ3) is 6.14. The fourth-order valence-electron chi connectivity index (χ4n) is 5.69. The van der Waals surface area contributed by atoms with E-state index in [4.69, 9.17) is 9.47 Å². The quantitative estimate of drug-likeness (QED) is 0.0525. The summed E-state index contributed by atoms with van der Waals surface area (Å²) in [6.45, 7) is 2.01. The van der Waals surface area contributed by atoms with Gasteiger partial charge in [-0.15, -0.1) is 10.2 Å². The minimum atomic E-state index is -1.11. The number of aliphatic hydroxyl groups is 1. The molecule has 0 spiro atoms. The van der Waals surface area contributed by atoms with Gasteiger partial charge in [-0.3, -0.25) is 18.9 Å². The van der Waals surface area contributed by atoms with Gasteiger partial charge in [0.15, 0.2) is 21.6 Å². The summed E-state index contributed by atoms with van der Waals surface area (Å²) >= 11 is 2.35. The normalized spacial score (nSPS) is 15.7. The minimum absolute atomic E-state index is 0.139. The number of rotatable bonds is 10.